The SMILES string of the molecule is Cc1cc(CNC(C)C)cc(N(C)Cc2ccncc2)n1. The highest BCUT2D eigenvalue weighted by Gasteiger charge is 2.07. The normalized spacial score (nSPS) is 10.9. The standard InChI is InChI=1S/C17H24N4/c1-13(2)19-11-16-9-14(3)20-17(10-16)21(4)12-15-5-7-18-8-6-15/h5-10,13,19H,11-12H2,1-4H3. The van der Waals surface area contributed by atoms with Crippen molar-refractivity contribution in [1.29, 1.82) is 0 Å². The summed E-state index contributed by atoms with van der Waals surface area (Å²) in [4.78, 5) is 10.9. The molecule has 4 nitrogen and oxygen atoms in total. The topological polar surface area (TPSA) is 41.0 Å². The first kappa shape index (κ1) is 15.4. The lowest BCUT2D eigenvalue weighted by Gasteiger charge is -2.20. The summed E-state index contributed by atoms with van der Waals surface area (Å²) in [6.45, 7) is 8.06. The second-order valence-electron chi connectivity index (χ2n) is 5.72. The molecule has 0 aromatic carbocycles. The molecule has 2 aromatic rings. The monoisotopic (exact) mass is 284 g/mol. The molecule has 21 heavy (non-hydrogen) atoms. The van der Waals surface area contributed by atoms with Gasteiger partial charge in [0.1, 0.15) is 5.82 Å². The molecule has 0 aliphatic carbocycles. The molecular weight excluding hydrogens is 260 g/mol. The summed E-state index contributed by atoms with van der Waals surface area (Å²) in [6, 6.07) is 8.85. The molecule has 4 heteroatoms. The molecule has 0 aliphatic rings. The molecule has 0 radical (unpaired) electrons. The molecule has 0 bridgehead atoms. The maximum absolute atomic E-state index is 4.64. The number of aromatic nitrogens is 2. The zero-order valence-electron chi connectivity index (χ0n) is 13.3. The van der Waals surface area contributed by atoms with E-state index in [9.17, 15) is 0 Å². The average molecular weight is 284 g/mol. The Hall–Kier alpha value is -1.94. The minimum atomic E-state index is 0.483. The van der Waals surface area contributed by atoms with Crippen molar-refractivity contribution in [2.45, 2.75) is 39.9 Å². The summed E-state index contributed by atoms with van der Waals surface area (Å²) in [7, 11) is 2.07. The van der Waals surface area contributed by atoms with Gasteiger partial charge in [-0.2, -0.15) is 0 Å². The Labute approximate surface area is 127 Å². The molecule has 0 unspecified atom stereocenters. The predicted octanol–water partition coefficient (Wildman–Crippen LogP) is 2.92. The number of pyridine rings is 2. The predicted molar refractivity (Wildman–Crippen MR) is 87.3 cm³/mol. The van der Waals surface area contributed by atoms with E-state index in [-0.39, 0.29) is 0 Å². The second kappa shape index (κ2) is 7.18. The van der Waals surface area contributed by atoms with Crippen LogP contribution in [0.25, 0.3) is 0 Å². The highest BCUT2D eigenvalue weighted by Crippen LogP contribution is 2.16. The summed E-state index contributed by atoms with van der Waals surface area (Å²) in [5, 5.41) is 3.45. The van der Waals surface area contributed by atoms with Gasteiger partial charge in [0.15, 0.2) is 0 Å². The fourth-order valence-corrected chi connectivity index (χ4v) is 2.18. The van der Waals surface area contributed by atoms with Crippen molar-refractivity contribution in [3.05, 3.63) is 53.5 Å². The first-order valence-electron chi connectivity index (χ1n) is 7.35. The third-order valence-electron chi connectivity index (χ3n) is 3.27. The van der Waals surface area contributed by atoms with Gasteiger partial charge in [-0.05, 0) is 42.3 Å². The van der Waals surface area contributed by atoms with Crippen LogP contribution in [0.1, 0.15) is 30.7 Å². The molecule has 0 fully saturated rings. The van der Waals surface area contributed by atoms with Crippen LogP contribution in [0.5, 0.6) is 0 Å². The number of anilines is 1. The van der Waals surface area contributed by atoms with E-state index in [0.717, 1.165) is 24.6 Å². The van der Waals surface area contributed by atoms with Gasteiger partial charge in [-0.25, -0.2) is 4.98 Å². The van der Waals surface area contributed by atoms with Crippen molar-refractivity contribution in [1.82, 2.24) is 15.3 Å². The number of nitrogens with one attached hydrogen (secondary N) is 1. The lowest BCUT2D eigenvalue weighted by atomic mass is 10.2. The van der Waals surface area contributed by atoms with E-state index in [0.29, 0.717) is 6.04 Å². The lowest BCUT2D eigenvalue weighted by molar-refractivity contribution is 0.588. The van der Waals surface area contributed by atoms with Crippen molar-refractivity contribution in [3.8, 4) is 0 Å². The van der Waals surface area contributed by atoms with Gasteiger partial charge in [0, 0.05) is 44.3 Å². The third kappa shape index (κ3) is 4.83. The minimum absolute atomic E-state index is 0.483. The number of aryl methyl sites for hydroxylation is 1. The molecule has 1 N–H and O–H groups in total. The van der Waals surface area contributed by atoms with Gasteiger partial charge in [0.25, 0.3) is 0 Å². The number of rotatable bonds is 6. The average Bonchev–Trinajstić information content (AvgIpc) is 2.45. The van der Waals surface area contributed by atoms with Gasteiger partial charge in [-0.1, -0.05) is 13.8 Å². The summed E-state index contributed by atoms with van der Waals surface area (Å²) >= 11 is 0. The van der Waals surface area contributed by atoms with Crippen molar-refractivity contribution in [2.24, 2.45) is 0 Å². The van der Waals surface area contributed by atoms with Crippen LogP contribution in [0.2, 0.25) is 0 Å². The van der Waals surface area contributed by atoms with Crippen LogP contribution in [-0.4, -0.2) is 23.1 Å². The Kier molecular flexibility index (Phi) is 5.28. The summed E-state index contributed by atoms with van der Waals surface area (Å²) < 4.78 is 0. The Morgan fingerprint density at radius 1 is 1.14 bits per heavy atom. The molecule has 0 saturated carbocycles. The number of nitrogens with zero attached hydrogens (tertiary/aromatic N) is 3. The molecule has 2 rings (SSSR count). The molecular formula is C17H24N4. The van der Waals surface area contributed by atoms with E-state index in [1.807, 2.05) is 31.5 Å². The van der Waals surface area contributed by atoms with E-state index in [4.69, 9.17) is 0 Å². The van der Waals surface area contributed by atoms with Crippen LogP contribution in [0.15, 0.2) is 36.7 Å². The van der Waals surface area contributed by atoms with Crippen LogP contribution in [0, 0.1) is 6.92 Å². The van der Waals surface area contributed by atoms with E-state index >= 15 is 0 Å². The van der Waals surface area contributed by atoms with E-state index in [1.165, 1.54) is 11.1 Å². The van der Waals surface area contributed by atoms with Crippen molar-refractivity contribution >= 4 is 5.82 Å². The zero-order valence-corrected chi connectivity index (χ0v) is 13.3. The van der Waals surface area contributed by atoms with Crippen LogP contribution in [-0.2, 0) is 13.1 Å². The molecule has 0 saturated heterocycles. The van der Waals surface area contributed by atoms with Crippen molar-refractivity contribution in [2.75, 3.05) is 11.9 Å². The Balaban J connectivity index is 2.11. The summed E-state index contributed by atoms with van der Waals surface area (Å²) in [5.74, 6) is 1.01. The quantitative estimate of drug-likeness (QED) is 0.885. The Bertz CT molecular complexity index is 566. The summed E-state index contributed by atoms with van der Waals surface area (Å²) in [5.41, 5.74) is 3.56. The maximum atomic E-state index is 4.64. The minimum Gasteiger partial charge on any atom is -0.355 e. The van der Waals surface area contributed by atoms with Crippen LogP contribution >= 0.6 is 0 Å². The number of hydrogen-bond acceptors (Lipinski definition) is 4. The molecule has 2 heterocycles. The van der Waals surface area contributed by atoms with Crippen LogP contribution < -0.4 is 10.2 Å². The first-order valence-corrected chi connectivity index (χ1v) is 7.35. The van der Waals surface area contributed by atoms with Crippen LogP contribution in [0.3, 0.4) is 0 Å². The van der Waals surface area contributed by atoms with Crippen molar-refractivity contribution in [3.63, 3.8) is 0 Å². The van der Waals surface area contributed by atoms with Crippen molar-refractivity contribution < 1.29 is 0 Å². The molecule has 112 valence electrons. The van der Waals surface area contributed by atoms with E-state index in [2.05, 4.69) is 53.2 Å². The van der Waals surface area contributed by atoms with Gasteiger partial charge < -0.3 is 10.2 Å². The fourth-order valence-electron chi connectivity index (χ4n) is 2.18. The molecule has 0 aliphatic heterocycles. The van der Waals surface area contributed by atoms with E-state index in [1.54, 1.807) is 0 Å². The highest BCUT2D eigenvalue weighted by molar-refractivity contribution is 5.42. The zero-order chi connectivity index (χ0) is 15.2. The van der Waals surface area contributed by atoms with Gasteiger partial charge in [-0.3, -0.25) is 4.98 Å². The molecule has 2 aromatic heterocycles. The summed E-state index contributed by atoms with van der Waals surface area (Å²) in [6.07, 6.45) is 3.65. The fraction of sp³-hybridized carbons (Fsp3) is 0.412. The highest BCUT2D eigenvalue weighted by atomic mass is 15.2. The lowest BCUT2D eigenvalue weighted by Crippen LogP contribution is -2.23. The van der Waals surface area contributed by atoms with Gasteiger partial charge in [0.2, 0.25) is 0 Å². The van der Waals surface area contributed by atoms with Gasteiger partial charge >= 0.3 is 0 Å². The number of hydrogen-bond donors (Lipinski definition) is 1. The third-order valence-corrected chi connectivity index (χ3v) is 3.27. The maximum Gasteiger partial charge on any atom is 0.129 e. The van der Waals surface area contributed by atoms with Gasteiger partial charge in [0.05, 0.1) is 0 Å². The molecule has 0 spiro atoms. The second-order valence-corrected chi connectivity index (χ2v) is 5.72. The smallest absolute Gasteiger partial charge is 0.129 e. The largest absolute Gasteiger partial charge is 0.355 e. The van der Waals surface area contributed by atoms with Crippen LogP contribution in [0.4, 0.5) is 5.82 Å². The molecule has 0 amide bonds. The Morgan fingerprint density at radius 2 is 1.86 bits per heavy atom. The van der Waals surface area contributed by atoms with Gasteiger partial charge in [-0.15, -0.1) is 0 Å². The Morgan fingerprint density at radius 3 is 2.52 bits per heavy atom. The van der Waals surface area contributed by atoms with E-state index < -0.39 is 0 Å². The first-order chi connectivity index (χ1) is 10.0. The molecule has 0 atom stereocenters.